The summed E-state index contributed by atoms with van der Waals surface area (Å²) in [6.07, 6.45) is 5.69. The topological polar surface area (TPSA) is 56.5 Å². The van der Waals surface area contributed by atoms with Gasteiger partial charge in [0.15, 0.2) is 0 Å². The average molecular weight is 288 g/mol. The van der Waals surface area contributed by atoms with Gasteiger partial charge in [0.2, 0.25) is 0 Å². The predicted molar refractivity (Wildman–Crippen MR) is 80.2 cm³/mol. The summed E-state index contributed by atoms with van der Waals surface area (Å²) in [5.41, 5.74) is 3.10. The Morgan fingerprint density at radius 2 is 2.26 bits per heavy atom. The molecule has 2 saturated heterocycles. The molecule has 1 spiro atoms. The van der Waals surface area contributed by atoms with E-state index < -0.39 is 0 Å². The maximum Gasteiger partial charge on any atom is 0.0701 e. The molecule has 3 N–H and O–H groups in total. The van der Waals surface area contributed by atoms with E-state index in [-0.39, 0.29) is 11.6 Å². The Balaban J connectivity index is 1.87. The lowest BCUT2D eigenvalue weighted by Crippen LogP contribution is -2.51. The maximum atomic E-state index is 6.13. The summed E-state index contributed by atoms with van der Waals surface area (Å²) in [7, 11) is 0. The highest BCUT2D eigenvalue weighted by Crippen LogP contribution is 2.40. The number of hydrogen-bond acceptors (Lipinski definition) is 5. The zero-order valence-electron chi connectivity index (χ0n) is 12.0. The second-order valence-corrected chi connectivity index (χ2v) is 6.97. The van der Waals surface area contributed by atoms with E-state index in [2.05, 4.69) is 12.3 Å². The van der Waals surface area contributed by atoms with Crippen LogP contribution in [0.1, 0.15) is 39.0 Å². The summed E-state index contributed by atoms with van der Waals surface area (Å²) in [5.74, 6) is 8.78. The number of thioether (sulfide) groups is 1. The zero-order chi connectivity index (χ0) is 13.6. The normalized spacial score (nSPS) is 28.4. The fourth-order valence-electron chi connectivity index (χ4n) is 3.18. The van der Waals surface area contributed by atoms with Crippen LogP contribution < -0.4 is 11.3 Å². The molecule has 0 aromatic rings. The predicted octanol–water partition coefficient (Wildman–Crippen LogP) is 1.94. The molecule has 4 nitrogen and oxygen atoms in total. The fourth-order valence-corrected chi connectivity index (χ4v) is 4.41. The van der Waals surface area contributed by atoms with E-state index >= 15 is 0 Å². The van der Waals surface area contributed by atoms with Crippen LogP contribution in [0.4, 0.5) is 0 Å². The average Bonchev–Trinajstić information content (AvgIpc) is 2.44. The smallest absolute Gasteiger partial charge is 0.0701 e. The highest BCUT2D eigenvalue weighted by Gasteiger charge is 2.40. The Morgan fingerprint density at radius 3 is 2.95 bits per heavy atom. The number of ether oxygens (including phenoxy) is 2. The van der Waals surface area contributed by atoms with Crippen LogP contribution in [0.15, 0.2) is 0 Å². The molecule has 2 aliphatic rings. The first-order valence-electron chi connectivity index (χ1n) is 7.55. The summed E-state index contributed by atoms with van der Waals surface area (Å²) in [5, 5.41) is 0. The van der Waals surface area contributed by atoms with Crippen molar-refractivity contribution < 1.29 is 9.47 Å². The van der Waals surface area contributed by atoms with E-state index in [1.54, 1.807) is 0 Å². The third-order valence-corrected chi connectivity index (χ3v) is 5.35. The summed E-state index contributed by atoms with van der Waals surface area (Å²) < 4.78 is 11.8. The molecule has 0 aromatic heterocycles. The number of rotatable bonds is 6. The first kappa shape index (κ1) is 15.6. The number of hydrazine groups is 1. The van der Waals surface area contributed by atoms with Crippen LogP contribution in [0.5, 0.6) is 0 Å². The van der Waals surface area contributed by atoms with Crippen molar-refractivity contribution in [3.05, 3.63) is 0 Å². The lowest BCUT2D eigenvalue weighted by atomic mass is 9.79. The summed E-state index contributed by atoms with van der Waals surface area (Å²) in [4.78, 5) is 0. The molecule has 2 heterocycles. The molecule has 0 radical (unpaired) electrons. The van der Waals surface area contributed by atoms with Crippen LogP contribution in [0.3, 0.4) is 0 Å². The molecule has 2 fully saturated rings. The van der Waals surface area contributed by atoms with Gasteiger partial charge in [-0.05, 0) is 49.5 Å². The first-order valence-corrected chi connectivity index (χ1v) is 8.71. The molecule has 19 heavy (non-hydrogen) atoms. The number of nitrogens with one attached hydrogen (secondary N) is 1. The van der Waals surface area contributed by atoms with Crippen molar-refractivity contribution >= 4 is 11.8 Å². The van der Waals surface area contributed by atoms with Crippen LogP contribution in [-0.4, -0.2) is 43.0 Å². The van der Waals surface area contributed by atoms with Crippen molar-refractivity contribution in [2.75, 3.05) is 31.3 Å². The van der Waals surface area contributed by atoms with Gasteiger partial charge in [-0.25, -0.2) is 0 Å². The first-order chi connectivity index (χ1) is 9.29. The van der Waals surface area contributed by atoms with Gasteiger partial charge in [-0.3, -0.25) is 11.3 Å². The Bertz CT molecular complexity index is 254. The molecule has 0 aromatic carbocycles. The van der Waals surface area contributed by atoms with Gasteiger partial charge in [0.25, 0.3) is 0 Å². The Hall–Kier alpha value is 0.190. The van der Waals surface area contributed by atoms with E-state index in [4.69, 9.17) is 15.3 Å². The largest absolute Gasteiger partial charge is 0.380 e. The molecular formula is C14H28N2O2S. The fraction of sp³-hybridized carbons (Fsp3) is 1.00. The summed E-state index contributed by atoms with van der Waals surface area (Å²) in [6.45, 7) is 4.55. The maximum absolute atomic E-state index is 6.13. The van der Waals surface area contributed by atoms with Gasteiger partial charge < -0.3 is 9.47 Å². The van der Waals surface area contributed by atoms with E-state index in [1.807, 2.05) is 11.8 Å². The van der Waals surface area contributed by atoms with Gasteiger partial charge in [0, 0.05) is 19.3 Å². The van der Waals surface area contributed by atoms with Crippen molar-refractivity contribution in [3.8, 4) is 0 Å². The molecule has 2 aliphatic heterocycles. The minimum Gasteiger partial charge on any atom is -0.380 e. The van der Waals surface area contributed by atoms with Crippen molar-refractivity contribution in [1.82, 2.24) is 5.43 Å². The third-order valence-electron chi connectivity index (χ3n) is 4.36. The lowest BCUT2D eigenvalue weighted by Gasteiger charge is -2.45. The second kappa shape index (κ2) is 7.84. The molecule has 0 bridgehead atoms. The van der Waals surface area contributed by atoms with Crippen molar-refractivity contribution in [2.24, 2.45) is 11.8 Å². The van der Waals surface area contributed by atoms with Crippen LogP contribution in [0.25, 0.3) is 0 Å². The molecule has 5 heteroatoms. The molecule has 2 unspecified atom stereocenters. The van der Waals surface area contributed by atoms with Crippen molar-refractivity contribution in [1.29, 1.82) is 0 Å². The van der Waals surface area contributed by atoms with Crippen LogP contribution >= 0.6 is 11.8 Å². The quantitative estimate of drug-likeness (QED) is 0.444. The molecule has 0 saturated carbocycles. The van der Waals surface area contributed by atoms with E-state index in [9.17, 15) is 0 Å². The zero-order valence-corrected chi connectivity index (χ0v) is 12.8. The Kier molecular flexibility index (Phi) is 6.42. The molecular weight excluding hydrogens is 260 g/mol. The summed E-state index contributed by atoms with van der Waals surface area (Å²) in [6, 6.07) is 0.266. The molecule has 2 rings (SSSR count). The highest BCUT2D eigenvalue weighted by molar-refractivity contribution is 7.99. The number of hydrogen-bond donors (Lipinski definition) is 2. The molecule has 0 amide bonds. The molecule has 112 valence electrons. The standard InChI is InChI=1S/C14H28N2O2S/c1-2-6-17-11-13(16-15)12-3-7-18-14(10-12)4-8-19-9-5-14/h12-13,16H,2-11,15H2,1H3. The monoisotopic (exact) mass is 288 g/mol. The lowest BCUT2D eigenvalue weighted by molar-refractivity contribution is -0.110. The van der Waals surface area contributed by atoms with Gasteiger partial charge in [-0.15, -0.1) is 0 Å². The third kappa shape index (κ3) is 4.33. The Labute approximate surface area is 121 Å². The Morgan fingerprint density at radius 1 is 1.47 bits per heavy atom. The SMILES string of the molecule is CCCOCC(NN)C1CCOC2(CCSCC2)C1. The van der Waals surface area contributed by atoms with Crippen molar-refractivity contribution in [2.45, 2.75) is 50.7 Å². The van der Waals surface area contributed by atoms with E-state index in [0.29, 0.717) is 5.92 Å². The molecule has 0 aliphatic carbocycles. The van der Waals surface area contributed by atoms with Gasteiger partial charge in [0.1, 0.15) is 0 Å². The van der Waals surface area contributed by atoms with E-state index in [1.165, 1.54) is 24.3 Å². The van der Waals surface area contributed by atoms with Crippen LogP contribution in [-0.2, 0) is 9.47 Å². The van der Waals surface area contributed by atoms with Gasteiger partial charge in [0.05, 0.1) is 12.2 Å². The van der Waals surface area contributed by atoms with Gasteiger partial charge in [-0.1, -0.05) is 6.92 Å². The van der Waals surface area contributed by atoms with Crippen molar-refractivity contribution in [3.63, 3.8) is 0 Å². The van der Waals surface area contributed by atoms with Crippen LogP contribution in [0.2, 0.25) is 0 Å². The summed E-state index contributed by atoms with van der Waals surface area (Å²) >= 11 is 2.05. The minimum absolute atomic E-state index is 0.133. The molecule has 2 atom stereocenters. The highest BCUT2D eigenvalue weighted by atomic mass is 32.2. The van der Waals surface area contributed by atoms with E-state index in [0.717, 1.165) is 39.1 Å². The van der Waals surface area contributed by atoms with Gasteiger partial charge >= 0.3 is 0 Å². The number of nitrogens with two attached hydrogens (primary N) is 1. The van der Waals surface area contributed by atoms with Crippen LogP contribution in [0, 0.1) is 5.92 Å². The van der Waals surface area contributed by atoms with Gasteiger partial charge in [-0.2, -0.15) is 11.8 Å². The second-order valence-electron chi connectivity index (χ2n) is 5.74. The minimum atomic E-state index is 0.133.